The Morgan fingerprint density at radius 2 is 0.629 bits per heavy atom. The molecule has 0 aliphatic carbocycles. The van der Waals surface area contributed by atoms with Gasteiger partial charge in [0, 0.05) is 19.3 Å². The van der Waals surface area contributed by atoms with Gasteiger partial charge < -0.3 is 14.2 Å². The van der Waals surface area contributed by atoms with Crippen molar-refractivity contribution in [3.8, 4) is 0 Å². The first-order valence-corrected chi connectivity index (χ1v) is 25.6. The van der Waals surface area contributed by atoms with E-state index in [4.69, 9.17) is 14.2 Å². The van der Waals surface area contributed by atoms with Crippen molar-refractivity contribution in [3.63, 3.8) is 0 Å². The molecule has 354 valence electrons. The van der Waals surface area contributed by atoms with Gasteiger partial charge in [0.25, 0.3) is 0 Å². The summed E-state index contributed by atoms with van der Waals surface area (Å²) < 4.78 is 16.8. The number of carbonyl (C=O) groups excluding carboxylic acids is 3. The molecule has 0 radical (unpaired) electrons. The fourth-order valence-electron chi connectivity index (χ4n) is 6.80. The molecular formula is C56H94O6. The molecule has 0 aliphatic heterocycles. The third-order valence-electron chi connectivity index (χ3n) is 10.6. The summed E-state index contributed by atoms with van der Waals surface area (Å²) in [6.45, 7) is 6.35. The average Bonchev–Trinajstić information content (AvgIpc) is 3.27. The maximum absolute atomic E-state index is 12.8. The fourth-order valence-corrected chi connectivity index (χ4v) is 6.80. The van der Waals surface area contributed by atoms with Crippen LogP contribution in [0, 0.1) is 0 Å². The summed E-state index contributed by atoms with van der Waals surface area (Å²) in [6, 6.07) is 0. The minimum Gasteiger partial charge on any atom is -0.462 e. The van der Waals surface area contributed by atoms with Gasteiger partial charge in [-0.15, -0.1) is 0 Å². The Morgan fingerprint density at radius 1 is 0.339 bits per heavy atom. The molecule has 62 heavy (non-hydrogen) atoms. The second kappa shape index (κ2) is 50.2. The van der Waals surface area contributed by atoms with Crippen LogP contribution in [-0.4, -0.2) is 37.2 Å². The van der Waals surface area contributed by atoms with Gasteiger partial charge in [-0.1, -0.05) is 196 Å². The van der Waals surface area contributed by atoms with Gasteiger partial charge >= 0.3 is 17.9 Å². The topological polar surface area (TPSA) is 78.9 Å². The van der Waals surface area contributed by atoms with Crippen molar-refractivity contribution in [2.24, 2.45) is 0 Å². The Morgan fingerprint density at radius 3 is 1.00 bits per heavy atom. The molecule has 0 aromatic rings. The van der Waals surface area contributed by atoms with E-state index in [9.17, 15) is 14.4 Å². The predicted molar refractivity (Wildman–Crippen MR) is 265 cm³/mol. The molecule has 0 spiro atoms. The number of esters is 3. The molecule has 0 saturated heterocycles. The Hall–Kier alpha value is -3.41. The van der Waals surface area contributed by atoms with Crippen LogP contribution < -0.4 is 0 Å². The second-order valence-electron chi connectivity index (χ2n) is 16.7. The van der Waals surface area contributed by atoms with Crippen LogP contribution in [0.2, 0.25) is 0 Å². The smallest absolute Gasteiger partial charge is 0.306 e. The average molecular weight is 863 g/mol. The number of hydrogen-bond acceptors (Lipinski definition) is 6. The minimum absolute atomic E-state index is 0.0895. The van der Waals surface area contributed by atoms with Crippen LogP contribution in [0.25, 0.3) is 0 Å². The minimum atomic E-state index is -0.789. The van der Waals surface area contributed by atoms with Crippen molar-refractivity contribution in [1.29, 1.82) is 0 Å². The standard InChI is InChI=1S/C56H94O6/c1-4-7-10-13-16-19-22-24-26-27-28-29-30-32-34-37-40-43-46-49-55(58)61-52-53(51-60-54(57)48-45-42-39-36-33-21-18-15-12-9-6-3)62-56(59)50-47-44-41-38-35-31-25-23-20-17-14-11-8-5-2/h7-8,10-11,15-20,24,26,28-29,53H,4-6,9,12-14,21-23,25,27,30-52H2,1-3H3/b10-7-,11-8-,18-15-,19-16-,20-17-,26-24-,29-28-. The number of rotatable bonds is 45. The molecule has 0 fully saturated rings. The highest BCUT2D eigenvalue weighted by Gasteiger charge is 2.19. The van der Waals surface area contributed by atoms with Crippen molar-refractivity contribution in [2.75, 3.05) is 13.2 Å². The van der Waals surface area contributed by atoms with Crippen LogP contribution in [0.4, 0.5) is 0 Å². The summed E-state index contributed by atoms with van der Waals surface area (Å²) in [4.78, 5) is 37.9. The molecule has 6 heteroatoms. The van der Waals surface area contributed by atoms with Gasteiger partial charge in [0.15, 0.2) is 6.10 Å². The highest BCUT2D eigenvalue weighted by Crippen LogP contribution is 2.14. The molecule has 6 nitrogen and oxygen atoms in total. The van der Waals surface area contributed by atoms with Crippen LogP contribution in [0.1, 0.15) is 233 Å². The van der Waals surface area contributed by atoms with Crippen LogP contribution in [0.5, 0.6) is 0 Å². The van der Waals surface area contributed by atoms with Crippen LogP contribution in [0.3, 0.4) is 0 Å². The van der Waals surface area contributed by atoms with E-state index in [1.807, 2.05) is 0 Å². The molecule has 0 amide bonds. The summed E-state index contributed by atoms with van der Waals surface area (Å²) >= 11 is 0. The lowest BCUT2D eigenvalue weighted by Gasteiger charge is -2.18. The zero-order chi connectivity index (χ0) is 45.1. The van der Waals surface area contributed by atoms with Crippen LogP contribution in [0.15, 0.2) is 85.1 Å². The number of unbranched alkanes of at least 4 members (excludes halogenated alkanes) is 20. The molecular weight excluding hydrogens is 769 g/mol. The summed E-state index contributed by atoms with van der Waals surface area (Å²) in [5.74, 6) is -0.923. The molecule has 0 rings (SSSR count). The zero-order valence-corrected chi connectivity index (χ0v) is 40.4. The van der Waals surface area contributed by atoms with E-state index >= 15 is 0 Å². The van der Waals surface area contributed by atoms with Gasteiger partial charge in [0.2, 0.25) is 0 Å². The summed E-state index contributed by atoms with van der Waals surface area (Å²) in [7, 11) is 0. The molecule has 0 bridgehead atoms. The summed E-state index contributed by atoms with van der Waals surface area (Å²) in [6.07, 6.45) is 64.2. The summed E-state index contributed by atoms with van der Waals surface area (Å²) in [5, 5.41) is 0. The SMILES string of the molecule is CC/C=C\C/C=C\C/C=C\C/C=C\CCCCCCCCC(=O)OCC(COC(=O)CCCCCCC/C=C\CCCC)OC(=O)CCCCCCCCC/C=C\C/C=C\CC. The van der Waals surface area contributed by atoms with E-state index in [1.54, 1.807) is 0 Å². The van der Waals surface area contributed by atoms with Crippen LogP contribution >= 0.6 is 0 Å². The van der Waals surface area contributed by atoms with E-state index in [1.165, 1.54) is 70.6 Å². The molecule has 0 aromatic heterocycles. The van der Waals surface area contributed by atoms with E-state index in [-0.39, 0.29) is 31.1 Å². The number of hydrogen-bond donors (Lipinski definition) is 0. The maximum atomic E-state index is 12.8. The van der Waals surface area contributed by atoms with E-state index in [0.29, 0.717) is 19.3 Å². The molecule has 0 saturated carbocycles. The molecule has 1 unspecified atom stereocenters. The lowest BCUT2D eigenvalue weighted by molar-refractivity contribution is -0.167. The zero-order valence-electron chi connectivity index (χ0n) is 40.4. The van der Waals surface area contributed by atoms with Crippen molar-refractivity contribution in [3.05, 3.63) is 85.1 Å². The Bertz CT molecular complexity index is 1220. The first-order chi connectivity index (χ1) is 30.5. The van der Waals surface area contributed by atoms with Crippen LogP contribution in [-0.2, 0) is 28.6 Å². The van der Waals surface area contributed by atoms with Gasteiger partial charge in [-0.05, 0) is 103 Å². The number of carbonyl (C=O) groups is 3. The maximum Gasteiger partial charge on any atom is 0.306 e. The third-order valence-corrected chi connectivity index (χ3v) is 10.6. The first kappa shape index (κ1) is 58.6. The second-order valence-corrected chi connectivity index (χ2v) is 16.7. The monoisotopic (exact) mass is 863 g/mol. The highest BCUT2D eigenvalue weighted by molar-refractivity contribution is 5.71. The molecule has 0 aromatic carbocycles. The van der Waals surface area contributed by atoms with Crippen molar-refractivity contribution in [1.82, 2.24) is 0 Å². The molecule has 0 N–H and O–H groups in total. The van der Waals surface area contributed by atoms with Gasteiger partial charge in [-0.3, -0.25) is 14.4 Å². The van der Waals surface area contributed by atoms with Gasteiger partial charge in [0.05, 0.1) is 0 Å². The lowest BCUT2D eigenvalue weighted by atomic mass is 10.1. The largest absolute Gasteiger partial charge is 0.462 e. The summed E-state index contributed by atoms with van der Waals surface area (Å²) in [5.41, 5.74) is 0. The normalized spacial score (nSPS) is 12.8. The highest BCUT2D eigenvalue weighted by atomic mass is 16.6. The Balaban J connectivity index is 4.39. The van der Waals surface area contributed by atoms with Gasteiger partial charge in [-0.25, -0.2) is 0 Å². The van der Waals surface area contributed by atoms with Gasteiger partial charge in [-0.2, -0.15) is 0 Å². The Kier molecular flexibility index (Phi) is 47.5. The molecule has 1 atom stereocenters. The lowest BCUT2D eigenvalue weighted by Crippen LogP contribution is -2.30. The van der Waals surface area contributed by atoms with Gasteiger partial charge in [0.1, 0.15) is 13.2 Å². The predicted octanol–water partition coefficient (Wildman–Crippen LogP) is 16.8. The van der Waals surface area contributed by atoms with Crippen molar-refractivity contribution < 1.29 is 28.6 Å². The molecule has 0 aliphatic rings. The number of ether oxygens (including phenoxy) is 3. The quantitative estimate of drug-likeness (QED) is 0.0263. The van der Waals surface area contributed by atoms with E-state index in [2.05, 4.69) is 106 Å². The third kappa shape index (κ3) is 47.6. The fraction of sp³-hybridized carbons (Fsp3) is 0.696. The van der Waals surface area contributed by atoms with Crippen molar-refractivity contribution >= 4 is 17.9 Å². The molecule has 0 heterocycles. The first-order valence-electron chi connectivity index (χ1n) is 25.6. The van der Waals surface area contributed by atoms with E-state index in [0.717, 1.165) is 122 Å². The van der Waals surface area contributed by atoms with Crippen molar-refractivity contribution in [2.45, 2.75) is 239 Å². The Labute approximate surface area is 382 Å². The number of allylic oxidation sites excluding steroid dienone is 14. The van der Waals surface area contributed by atoms with E-state index < -0.39 is 6.10 Å².